The maximum Gasteiger partial charge on any atom is 0.258 e. The molecule has 0 amide bonds. The van der Waals surface area contributed by atoms with Gasteiger partial charge < -0.3 is 18.6 Å². The van der Waals surface area contributed by atoms with E-state index in [4.69, 9.17) is 18.6 Å². The molecule has 0 bridgehead atoms. The molecule has 202 valence electrons. The van der Waals surface area contributed by atoms with Crippen LogP contribution in [0.2, 0.25) is 18.1 Å². The number of likely N-dealkylation sites (N-methyl/N-ethyl adjacent to an activating group) is 1. The molecule has 0 N–H and O–H groups in total. The lowest BCUT2D eigenvalue weighted by molar-refractivity contribution is -0.174. The number of hydrogen-bond acceptors (Lipinski definition) is 5. The third kappa shape index (κ3) is 10.7. The summed E-state index contributed by atoms with van der Waals surface area (Å²) in [6.07, 6.45) is 2.46. The highest BCUT2D eigenvalue weighted by molar-refractivity contribution is 6.74. The smallest absolute Gasteiger partial charge is 0.258 e. The maximum atomic E-state index is 6.29. The first-order valence-electron chi connectivity index (χ1n) is 13.1. The highest BCUT2D eigenvalue weighted by Crippen LogP contribution is 2.38. The second-order valence-corrected chi connectivity index (χ2v) is 16.7. The number of benzene rings is 1. The summed E-state index contributed by atoms with van der Waals surface area (Å²) in [5, 5.41) is 0.103. The SMILES string of the molecule is C=C(OC(C)(C)CCCOC(OC)[C@H]([C@@H](C)CC)N(C)Cc1ccccc1)O[Si](C)(C)C(C)(C)C. The molecule has 0 fully saturated rings. The highest BCUT2D eigenvalue weighted by atomic mass is 28.4. The van der Waals surface area contributed by atoms with E-state index in [9.17, 15) is 0 Å². The molecule has 1 rings (SSSR count). The maximum absolute atomic E-state index is 6.29. The molecule has 0 saturated heterocycles. The van der Waals surface area contributed by atoms with Gasteiger partial charge in [0.25, 0.3) is 14.3 Å². The average Bonchev–Trinajstić information content (AvgIpc) is 2.74. The first kappa shape index (κ1) is 31.7. The first-order chi connectivity index (χ1) is 16.1. The van der Waals surface area contributed by atoms with Crippen LogP contribution in [-0.2, 0) is 25.2 Å². The van der Waals surface area contributed by atoms with E-state index in [2.05, 4.69) is 110 Å². The van der Waals surface area contributed by atoms with Gasteiger partial charge in [-0.05, 0) is 69.9 Å². The summed E-state index contributed by atoms with van der Waals surface area (Å²) in [5.41, 5.74) is 0.906. The Bertz CT molecular complexity index is 745. The minimum absolute atomic E-state index is 0.103. The van der Waals surface area contributed by atoms with E-state index in [1.165, 1.54) is 5.56 Å². The predicted octanol–water partition coefficient (Wildman–Crippen LogP) is 7.59. The van der Waals surface area contributed by atoms with E-state index in [0.29, 0.717) is 18.5 Å². The van der Waals surface area contributed by atoms with Crippen molar-refractivity contribution in [3.63, 3.8) is 0 Å². The third-order valence-corrected chi connectivity index (χ3v) is 11.6. The van der Waals surface area contributed by atoms with Gasteiger partial charge in [-0.25, -0.2) is 0 Å². The Morgan fingerprint density at radius 2 is 1.69 bits per heavy atom. The van der Waals surface area contributed by atoms with E-state index in [1.54, 1.807) is 7.11 Å². The van der Waals surface area contributed by atoms with Crippen LogP contribution < -0.4 is 0 Å². The van der Waals surface area contributed by atoms with Gasteiger partial charge in [0.1, 0.15) is 5.60 Å². The Balaban J connectivity index is 2.65. The Morgan fingerprint density at radius 3 is 2.20 bits per heavy atom. The minimum atomic E-state index is -1.96. The van der Waals surface area contributed by atoms with E-state index >= 15 is 0 Å². The fraction of sp³-hybridized carbons (Fsp3) is 0.724. The zero-order valence-electron chi connectivity index (χ0n) is 24.4. The molecular weight excluding hydrogens is 454 g/mol. The van der Waals surface area contributed by atoms with Crippen LogP contribution in [0.15, 0.2) is 42.9 Å². The Kier molecular flexibility index (Phi) is 12.5. The predicted molar refractivity (Wildman–Crippen MR) is 150 cm³/mol. The van der Waals surface area contributed by atoms with Crippen molar-refractivity contribution in [1.29, 1.82) is 0 Å². The zero-order chi connectivity index (χ0) is 26.9. The molecule has 0 aromatic heterocycles. The van der Waals surface area contributed by atoms with Crippen molar-refractivity contribution in [2.24, 2.45) is 5.92 Å². The number of methoxy groups -OCH3 is 1. The van der Waals surface area contributed by atoms with Crippen molar-refractivity contribution in [2.75, 3.05) is 20.8 Å². The van der Waals surface area contributed by atoms with Crippen molar-refractivity contribution in [3.05, 3.63) is 48.4 Å². The summed E-state index contributed by atoms with van der Waals surface area (Å²) in [7, 11) is 1.94. The Labute approximate surface area is 217 Å². The van der Waals surface area contributed by atoms with Crippen LogP contribution in [0.25, 0.3) is 0 Å². The Hall–Kier alpha value is -1.34. The van der Waals surface area contributed by atoms with Crippen LogP contribution in [0, 0.1) is 5.92 Å². The van der Waals surface area contributed by atoms with Gasteiger partial charge in [0.05, 0.1) is 6.04 Å². The van der Waals surface area contributed by atoms with Crippen LogP contribution in [0.5, 0.6) is 0 Å². The molecule has 1 unspecified atom stereocenters. The first-order valence-corrected chi connectivity index (χ1v) is 16.0. The highest BCUT2D eigenvalue weighted by Gasteiger charge is 2.40. The quantitative estimate of drug-likeness (QED) is 0.0997. The molecule has 5 nitrogen and oxygen atoms in total. The zero-order valence-corrected chi connectivity index (χ0v) is 25.4. The van der Waals surface area contributed by atoms with Gasteiger partial charge in [-0.2, -0.15) is 0 Å². The normalized spacial score (nSPS) is 15.5. The summed E-state index contributed by atoms with van der Waals surface area (Å²) in [6, 6.07) is 10.7. The lowest BCUT2D eigenvalue weighted by Gasteiger charge is -2.38. The molecule has 1 aromatic carbocycles. The van der Waals surface area contributed by atoms with E-state index in [0.717, 1.165) is 25.8 Å². The second-order valence-electron chi connectivity index (χ2n) is 12.0. The molecule has 3 atom stereocenters. The fourth-order valence-electron chi connectivity index (χ4n) is 3.95. The van der Waals surface area contributed by atoms with Gasteiger partial charge in [-0.3, -0.25) is 4.90 Å². The number of rotatable bonds is 16. The van der Waals surface area contributed by atoms with Crippen molar-refractivity contribution in [3.8, 4) is 0 Å². The molecular formula is C29H53NO4Si. The van der Waals surface area contributed by atoms with Crippen LogP contribution >= 0.6 is 0 Å². The summed E-state index contributed by atoms with van der Waals surface area (Å²) < 4.78 is 24.5. The van der Waals surface area contributed by atoms with Crippen LogP contribution in [0.4, 0.5) is 0 Å². The lowest BCUT2D eigenvalue weighted by Crippen LogP contribution is -2.47. The Morgan fingerprint density at radius 1 is 1.09 bits per heavy atom. The molecule has 0 saturated carbocycles. The molecule has 35 heavy (non-hydrogen) atoms. The summed E-state index contributed by atoms with van der Waals surface area (Å²) in [6.45, 7) is 25.2. The number of nitrogens with zero attached hydrogens (tertiary/aromatic N) is 1. The fourth-order valence-corrected chi connectivity index (χ4v) is 4.87. The molecule has 6 heteroatoms. The number of ether oxygens (including phenoxy) is 3. The van der Waals surface area contributed by atoms with Crippen LogP contribution in [0.3, 0.4) is 0 Å². The van der Waals surface area contributed by atoms with Crippen molar-refractivity contribution in [2.45, 2.75) is 110 Å². The molecule has 0 aliphatic carbocycles. The largest absolute Gasteiger partial charge is 0.519 e. The van der Waals surface area contributed by atoms with Crippen molar-refractivity contribution in [1.82, 2.24) is 4.90 Å². The molecule has 0 aliphatic heterocycles. The van der Waals surface area contributed by atoms with E-state index < -0.39 is 8.32 Å². The van der Waals surface area contributed by atoms with Gasteiger partial charge in [0.2, 0.25) is 0 Å². The topological polar surface area (TPSA) is 40.2 Å². The van der Waals surface area contributed by atoms with E-state index in [-0.39, 0.29) is 23.0 Å². The van der Waals surface area contributed by atoms with Gasteiger partial charge in [0, 0.05) is 20.3 Å². The summed E-state index contributed by atoms with van der Waals surface area (Å²) in [4.78, 5) is 2.35. The summed E-state index contributed by atoms with van der Waals surface area (Å²) >= 11 is 0. The van der Waals surface area contributed by atoms with Gasteiger partial charge in [-0.15, -0.1) is 0 Å². The molecule has 0 spiro atoms. The molecule has 0 radical (unpaired) electrons. The van der Waals surface area contributed by atoms with E-state index in [1.807, 2.05) is 0 Å². The lowest BCUT2D eigenvalue weighted by atomic mass is 9.96. The van der Waals surface area contributed by atoms with Crippen molar-refractivity contribution < 1.29 is 18.6 Å². The number of hydrogen-bond donors (Lipinski definition) is 0. The van der Waals surface area contributed by atoms with Crippen molar-refractivity contribution >= 4 is 8.32 Å². The summed E-state index contributed by atoms with van der Waals surface area (Å²) in [5.74, 6) is 0.862. The third-order valence-electron chi connectivity index (χ3n) is 7.29. The van der Waals surface area contributed by atoms with Crippen LogP contribution in [-0.4, -0.2) is 51.9 Å². The van der Waals surface area contributed by atoms with Crippen LogP contribution in [0.1, 0.15) is 73.3 Å². The van der Waals surface area contributed by atoms with Gasteiger partial charge in [-0.1, -0.05) is 71.4 Å². The molecule has 0 aliphatic rings. The average molecular weight is 508 g/mol. The molecule has 0 heterocycles. The van der Waals surface area contributed by atoms with Gasteiger partial charge in [0.15, 0.2) is 6.29 Å². The molecule has 1 aromatic rings. The standard InChI is InChI=1S/C29H53NO4Si/c1-13-23(2)26(30(9)22-25-18-15-14-16-19-25)27(31-10)32-21-17-20-29(7,8)33-24(3)34-35(11,12)28(4,5)6/h14-16,18-19,23,26-27H,3,13,17,20-22H2,1-2,4-12H3/t23-,26-,27?/m0/s1. The second kappa shape index (κ2) is 13.8. The van der Waals surface area contributed by atoms with Gasteiger partial charge >= 0.3 is 0 Å². The monoisotopic (exact) mass is 507 g/mol. The minimum Gasteiger partial charge on any atom is -0.519 e.